The van der Waals surface area contributed by atoms with Gasteiger partial charge in [-0.15, -0.1) is 0 Å². The quantitative estimate of drug-likeness (QED) is 0.639. The largest absolute Gasteiger partial charge is 0.398 e. The fraction of sp³-hybridized carbons (Fsp3) is 0.200. The minimum absolute atomic E-state index is 0.845. The summed E-state index contributed by atoms with van der Waals surface area (Å²) in [6.07, 6.45) is 5.20. The minimum Gasteiger partial charge on any atom is -0.398 e. The van der Waals surface area contributed by atoms with Crippen LogP contribution in [0.3, 0.4) is 0 Å². The molecule has 58 valence electrons. The number of hydrogen-bond donors (Lipinski definition) is 1. The van der Waals surface area contributed by atoms with Gasteiger partial charge < -0.3 is 5.73 Å². The number of benzene rings is 1. The van der Waals surface area contributed by atoms with E-state index in [4.69, 9.17) is 5.73 Å². The highest BCUT2D eigenvalue weighted by atomic mass is 14.5. The maximum Gasteiger partial charge on any atom is 0.0387 e. The second kappa shape index (κ2) is 3.81. The summed E-state index contributed by atoms with van der Waals surface area (Å²) in [5, 5.41) is 0. The molecule has 0 aliphatic heterocycles. The summed E-state index contributed by atoms with van der Waals surface area (Å²) in [6.45, 7) is 2.11. The molecule has 0 amide bonds. The average molecular weight is 147 g/mol. The number of rotatable bonds is 2. The van der Waals surface area contributed by atoms with Crippen LogP contribution in [0.5, 0.6) is 0 Å². The predicted molar refractivity (Wildman–Crippen MR) is 50.2 cm³/mol. The summed E-state index contributed by atoms with van der Waals surface area (Å²) in [5.41, 5.74) is 7.66. The number of anilines is 1. The third-order valence-electron chi connectivity index (χ3n) is 1.53. The van der Waals surface area contributed by atoms with Crippen molar-refractivity contribution in [1.82, 2.24) is 0 Å². The minimum atomic E-state index is 0.845. The van der Waals surface area contributed by atoms with Crippen LogP contribution < -0.4 is 5.73 Å². The Hall–Kier alpha value is -1.24. The normalized spacial score (nSPS) is 10.6. The molecule has 0 aromatic heterocycles. The lowest BCUT2D eigenvalue weighted by atomic mass is 10.1. The van der Waals surface area contributed by atoms with E-state index in [1.165, 1.54) is 0 Å². The first kappa shape index (κ1) is 7.86. The molecule has 1 aromatic carbocycles. The summed E-state index contributed by atoms with van der Waals surface area (Å²) in [6, 6.07) is 7.86. The number of hydrogen-bond acceptors (Lipinski definition) is 1. The molecule has 1 aromatic rings. The third-order valence-corrected chi connectivity index (χ3v) is 1.53. The maximum absolute atomic E-state index is 5.71. The molecular formula is C10H13N. The molecule has 1 rings (SSSR count). The molecule has 2 N–H and O–H groups in total. The van der Waals surface area contributed by atoms with Crippen LogP contribution in [-0.4, -0.2) is 0 Å². The fourth-order valence-corrected chi connectivity index (χ4v) is 0.907. The van der Waals surface area contributed by atoms with Crippen LogP contribution in [0.4, 0.5) is 5.69 Å². The van der Waals surface area contributed by atoms with Gasteiger partial charge in [-0.3, -0.25) is 0 Å². The van der Waals surface area contributed by atoms with Crippen molar-refractivity contribution in [2.24, 2.45) is 0 Å². The molecule has 1 nitrogen and oxygen atoms in total. The Morgan fingerprint density at radius 3 is 2.73 bits per heavy atom. The number of allylic oxidation sites excluding steroid dienone is 1. The van der Waals surface area contributed by atoms with Gasteiger partial charge in [0.15, 0.2) is 0 Å². The summed E-state index contributed by atoms with van der Waals surface area (Å²) >= 11 is 0. The average Bonchev–Trinajstić information content (AvgIpc) is 2.03. The first-order valence-corrected chi connectivity index (χ1v) is 3.85. The van der Waals surface area contributed by atoms with Crippen molar-refractivity contribution in [1.29, 1.82) is 0 Å². The van der Waals surface area contributed by atoms with E-state index < -0.39 is 0 Å². The van der Waals surface area contributed by atoms with Crippen molar-refractivity contribution < 1.29 is 0 Å². The van der Waals surface area contributed by atoms with Gasteiger partial charge in [-0.25, -0.2) is 0 Å². The first-order valence-electron chi connectivity index (χ1n) is 3.85. The molecule has 1 heteroatoms. The van der Waals surface area contributed by atoms with Gasteiger partial charge in [-0.1, -0.05) is 37.3 Å². The Morgan fingerprint density at radius 2 is 2.09 bits per heavy atom. The molecule has 0 aliphatic rings. The molecule has 11 heavy (non-hydrogen) atoms. The summed E-state index contributed by atoms with van der Waals surface area (Å²) in [5.74, 6) is 0. The van der Waals surface area contributed by atoms with Crippen molar-refractivity contribution in [3.63, 3.8) is 0 Å². The van der Waals surface area contributed by atoms with E-state index in [1.807, 2.05) is 24.3 Å². The van der Waals surface area contributed by atoms with Gasteiger partial charge >= 0.3 is 0 Å². The van der Waals surface area contributed by atoms with E-state index in [9.17, 15) is 0 Å². The lowest BCUT2D eigenvalue weighted by molar-refractivity contribution is 1.23. The van der Waals surface area contributed by atoms with Crippen LogP contribution in [0.1, 0.15) is 18.9 Å². The molecule has 0 aliphatic carbocycles. The predicted octanol–water partition coefficient (Wildman–Crippen LogP) is 2.69. The van der Waals surface area contributed by atoms with Crippen molar-refractivity contribution in [2.75, 3.05) is 5.73 Å². The van der Waals surface area contributed by atoms with Crippen molar-refractivity contribution in [2.45, 2.75) is 13.3 Å². The second-order valence-corrected chi connectivity index (χ2v) is 2.44. The second-order valence-electron chi connectivity index (χ2n) is 2.44. The number of nitrogens with two attached hydrogens (primary N) is 1. The molecule has 0 radical (unpaired) electrons. The molecule has 0 bridgehead atoms. The van der Waals surface area contributed by atoms with E-state index in [1.54, 1.807) is 0 Å². The molecule has 0 unspecified atom stereocenters. The van der Waals surface area contributed by atoms with E-state index >= 15 is 0 Å². The summed E-state index contributed by atoms with van der Waals surface area (Å²) in [7, 11) is 0. The SMILES string of the molecule is CC/C=C/c1ccccc1N. The maximum atomic E-state index is 5.71. The number of nitrogen functional groups attached to an aromatic ring is 1. The molecule has 0 spiro atoms. The van der Waals surface area contributed by atoms with E-state index in [0.717, 1.165) is 17.7 Å². The van der Waals surface area contributed by atoms with Crippen LogP contribution in [-0.2, 0) is 0 Å². The fourth-order valence-electron chi connectivity index (χ4n) is 0.907. The Labute approximate surface area is 67.5 Å². The summed E-state index contributed by atoms with van der Waals surface area (Å²) < 4.78 is 0. The van der Waals surface area contributed by atoms with Gasteiger partial charge in [0.1, 0.15) is 0 Å². The van der Waals surface area contributed by atoms with Gasteiger partial charge in [-0.2, -0.15) is 0 Å². The van der Waals surface area contributed by atoms with E-state index in [2.05, 4.69) is 19.1 Å². The topological polar surface area (TPSA) is 26.0 Å². The molecular weight excluding hydrogens is 134 g/mol. The highest BCUT2D eigenvalue weighted by Crippen LogP contribution is 2.11. The van der Waals surface area contributed by atoms with E-state index in [-0.39, 0.29) is 0 Å². The third kappa shape index (κ3) is 2.11. The van der Waals surface area contributed by atoms with Gasteiger partial charge in [-0.05, 0) is 18.1 Å². The van der Waals surface area contributed by atoms with E-state index in [0.29, 0.717) is 0 Å². The monoisotopic (exact) mass is 147 g/mol. The Kier molecular flexibility index (Phi) is 2.73. The molecule has 0 fully saturated rings. The smallest absolute Gasteiger partial charge is 0.0387 e. The van der Waals surface area contributed by atoms with Gasteiger partial charge in [0.2, 0.25) is 0 Å². The lowest BCUT2D eigenvalue weighted by Gasteiger charge is -1.96. The van der Waals surface area contributed by atoms with Gasteiger partial charge in [0.05, 0.1) is 0 Å². The van der Waals surface area contributed by atoms with Crippen molar-refractivity contribution in [3.05, 3.63) is 35.9 Å². The zero-order valence-electron chi connectivity index (χ0n) is 6.75. The van der Waals surface area contributed by atoms with Gasteiger partial charge in [0.25, 0.3) is 0 Å². The van der Waals surface area contributed by atoms with Crippen LogP contribution in [0.2, 0.25) is 0 Å². The number of para-hydroxylation sites is 1. The van der Waals surface area contributed by atoms with Crippen LogP contribution in [0.15, 0.2) is 30.3 Å². The zero-order chi connectivity index (χ0) is 8.10. The summed E-state index contributed by atoms with van der Waals surface area (Å²) in [4.78, 5) is 0. The Morgan fingerprint density at radius 1 is 1.36 bits per heavy atom. The molecule has 0 saturated heterocycles. The zero-order valence-corrected chi connectivity index (χ0v) is 6.75. The lowest BCUT2D eigenvalue weighted by Crippen LogP contribution is -1.86. The highest BCUT2D eigenvalue weighted by molar-refractivity contribution is 5.63. The van der Waals surface area contributed by atoms with Crippen molar-refractivity contribution >= 4 is 11.8 Å². The molecule has 0 heterocycles. The van der Waals surface area contributed by atoms with Crippen molar-refractivity contribution in [3.8, 4) is 0 Å². The highest BCUT2D eigenvalue weighted by Gasteiger charge is 1.89. The first-order chi connectivity index (χ1) is 5.34. The Balaban J connectivity index is 2.86. The van der Waals surface area contributed by atoms with Crippen LogP contribution in [0.25, 0.3) is 6.08 Å². The molecule has 0 saturated carbocycles. The Bertz CT molecular complexity index is 251. The molecule has 0 atom stereocenters. The standard InChI is InChI=1S/C10H13N/c1-2-3-6-9-7-4-5-8-10(9)11/h3-8H,2,11H2,1H3/b6-3+. The van der Waals surface area contributed by atoms with Crippen LogP contribution >= 0.6 is 0 Å². The van der Waals surface area contributed by atoms with Crippen LogP contribution in [0, 0.1) is 0 Å². The van der Waals surface area contributed by atoms with Gasteiger partial charge in [0, 0.05) is 5.69 Å².